The molecule has 3 aromatic carbocycles. The molecule has 1 aliphatic heterocycles. The number of benzene rings is 3. The minimum Gasteiger partial charge on any atom is -0.490 e. The normalized spacial score (nSPS) is 19.8. The quantitative estimate of drug-likeness (QED) is 0.231. The summed E-state index contributed by atoms with van der Waals surface area (Å²) in [5.74, 6) is -0.618. The summed E-state index contributed by atoms with van der Waals surface area (Å²) >= 11 is 0. The molecule has 4 atom stereocenters. The number of aryl methyl sites for hydroxylation is 1. The lowest BCUT2D eigenvalue weighted by molar-refractivity contribution is -0.137. The van der Waals surface area contributed by atoms with Gasteiger partial charge in [-0.15, -0.1) is 0 Å². The number of alkyl halides is 3. The fourth-order valence-electron chi connectivity index (χ4n) is 5.69. The maximum absolute atomic E-state index is 14.4. The van der Waals surface area contributed by atoms with Crippen molar-refractivity contribution in [3.63, 3.8) is 0 Å². The van der Waals surface area contributed by atoms with E-state index in [2.05, 4.69) is 10.0 Å². The van der Waals surface area contributed by atoms with Gasteiger partial charge in [-0.25, -0.2) is 13.2 Å². The lowest BCUT2D eigenvalue weighted by Gasteiger charge is -2.35. The molecule has 0 spiro atoms. The van der Waals surface area contributed by atoms with Gasteiger partial charge < -0.3 is 29.7 Å². The molecule has 3 aromatic rings. The number of urea groups is 1. The highest BCUT2D eigenvalue weighted by molar-refractivity contribution is 7.92. The summed E-state index contributed by atoms with van der Waals surface area (Å²) in [7, 11) is -2.45. The lowest BCUT2D eigenvalue weighted by Crippen LogP contribution is -2.48. The van der Waals surface area contributed by atoms with Crippen LogP contribution in [-0.4, -0.2) is 86.9 Å². The number of likely N-dealkylation sites (N-methyl/N-ethyl adjacent to an activating group) is 1. The van der Waals surface area contributed by atoms with Crippen molar-refractivity contribution >= 4 is 33.3 Å². The third-order valence-electron chi connectivity index (χ3n) is 8.90. The summed E-state index contributed by atoms with van der Waals surface area (Å²) < 4.78 is 80.5. The number of fused-ring (bicyclic) bond motifs is 1. The summed E-state index contributed by atoms with van der Waals surface area (Å²) in [6.45, 7) is 7.43. The van der Waals surface area contributed by atoms with Crippen molar-refractivity contribution in [2.75, 3.05) is 43.4 Å². The van der Waals surface area contributed by atoms with Crippen molar-refractivity contribution in [2.45, 2.75) is 76.3 Å². The minimum absolute atomic E-state index is 0.0581. The van der Waals surface area contributed by atoms with Gasteiger partial charge in [-0.2, -0.15) is 13.2 Å². The van der Waals surface area contributed by atoms with Crippen LogP contribution in [0, 0.1) is 12.8 Å². The summed E-state index contributed by atoms with van der Waals surface area (Å²) in [4.78, 5) is 30.4. The number of anilines is 2. The lowest BCUT2D eigenvalue weighted by atomic mass is 10.0. The van der Waals surface area contributed by atoms with Crippen LogP contribution in [0.15, 0.2) is 71.6 Å². The number of carbonyl (C=O) groups excluding carboxylic acids is 2. The zero-order valence-electron chi connectivity index (χ0n) is 29.9. The SMILES string of the molecule is Cc1ccc(S(=O)(=O)Nc2ccc3c(c2)C(=O)N([C@@H](C)CO)C[C@@H](C)[C@@H](CN(C)C(=O)Nc2ccc(C(F)(F)F)cc2)OCCCC[C@@H](C)O3)cc1. The van der Waals surface area contributed by atoms with Gasteiger partial charge in [0.2, 0.25) is 0 Å². The first-order valence-electron chi connectivity index (χ1n) is 17.1. The summed E-state index contributed by atoms with van der Waals surface area (Å²) in [6, 6.07) is 13.8. The van der Waals surface area contributed by atoms with Gasteiger partial charge >= 0.3 is 12.2 Å². The fraction of sp³-hybridized carbons (Fsp3) is 0.459. The fourth-order valence-corrected chi connectivity index (χ4v) is 6.74. The van der Waals surface area contributed by atoms with Gasteiger partial charge in [-0.1, -0.05) is 24.6 Å². The summed E-state index contributed by atoms with van der Waals surface area (Å²) in [5, 5.41) is 12.8. The van der Waals surface area contributed by atoms with Crippen molar-refractivity contribution in [3.05, 3.63) is 83.4 Å². The van der Waals surface area contributed by atoms with Gasteiger partial charge in [0.1, 0.15) is 5.75 Å². The van der Waals surface area contributed by atoms with Gasteiger partial charge in [-0.3, -0.25) is 9.52 Å². The smallest absolute Gasteiger partial charge is 0.416 e. The number of hydrogen-bond acceptors (Lipinski definition) is 7. The van der Waals surface area contributed by atoms with E-state index in [1.807, 2.05) is 20.8 Å². The molecule has 1 heterocycles. The number of carbonyl (C=O) groups is 2. The van der Waals surface area contributed by atoms with Crippen LogP contribution < -0.4 is 14.8 Å². The van der Waals surface area contributed by atoms with E-state index >= 15 is 0 Å². The molecule has 0 aromatic heterocycles. The van der Waals surface area contributed by atoms with Crippen molar-refractivity contribution in [1.82, 2.24) is 9.80 Å². The molecular weight excluding hydrogens is 701 g/mol. The molecule has 0 saturated carbocycles. The molecule has 3 N–H and O–H groups in total. The van der Waals surface area contributed by atoms with Crippen LogP contribution in [0.25, 0.3) is 0 Å². The number of sulfonamides is 1. The van der Waals surface area contributed by atoms with Gasteiger partial charge in [0, 0.05) is 44.0 Å². The van der Waals surface area contributed by atoms with Crippen LogP contribution >= 0.6 is 0 Å². The van der Waals surface area contributed by atoms with Crippen molar-refractivity contribution in [3.8, 4) is 5.75 Å². The Morgan fingerprint density at radius 1 is 1.04 bits per heavy atom. The van der Waals surface area contributed by atoms with Gasteiger partial charge in [0.25, 0.3) is 15.9 Å². The first-order valence-corrected chi connectivity index (χ1v) is 18.6. The molecule has 3 amide bonds. The van der Waals surface area contributed by atoms with Crippen molar-refractivity contribution < 1.29 is 45.8 Å². The molecule has 11 nitrogen and oxygen atoms in total. The number of amides is 3. The number of hydrogen-bond donors (Lipinski definition) is 3. The number of nitrogens with zero attached hydrogens (tertiary/aromatic N) is 2. The highest BCUT2D eigenvalue weighted by Gasteiger charge is 2.32. The number of halogens is 3. The Labute approximate surface area is 303 Å². The Hall–Kier alpha value is -4.34. The Balaban J connectivity index is 1.59. The number of ether oxygens (including phenoxy) is 2. The van der Waals surface area contributed by atoms with Crippen LogP contribution in [0.4, 0.5) is 29.3 Å². The molecule has 0 radical (unpaired) electrons. The predicted octanol–water partition coefficient (Wildman–Crippen LogP) is 6.77. The first-order chi connectivity index (χ1) is 24.5. The molecule has 0 aliphatic carbocycles. The van der Waals surface area contributed by atoms with E-state index in [4.69, 9.17) is 9.47 Å². The molecular formula is C37H47F3N4O7S. The maximum atomic E-state index is 14.4. The monoisotopic (exact) mass is 748 g/mol. The zero-order chi connectivity index (χ0) is 38.2. The molecule has 52 heavy (non-hydrogen) atoms. The van der Waals surface area contributed by atoms with E-state index in [0.29, 0.717) is 19.4 Å². The molecule has 0 fully saturated rings. The average molecular weight is 749 g/mol. The Bertz CT molecular complexity index is 1770. The van der Waals surface area contributed by atoms with Crippen LogP contribution in [0.3, 0.4) is 0 Å². The minimum atomic E-state index is -4.50. The van der Waals surface area contributed by atoms with Crippen LogP contribution in [0.5, 0.6) is 5.75 Å². The highest BCUT2D eigenvalue weighted by Crippen LogP contribution is 2.31. The molecule has 4 rings (SSSR count). The van der Waals surface area contributed by atoms with Crippen LogP contribution in [-0.2, 0) is 20.9 Å². The highest BCUT2D eigenvalue weighted by atomic mass is 32.2. The van der Waals surface area contributed by atoms with E-state index in [1.54, 1.807) is 25.1 Å². The molecule has 15 heteroatoms. The van der Waals surface area contributed by atoms with Crippen molar-refractivity contribution in [1.29, 1.82) is 0 Å². The second kappa shape index (κ2) is 17.5. The van der Waals surface area contributed by atoms with E-state index in [0.717, 1.165) is 24.1 Å². The second-order valence-electron chi connectivity index (χ2n) is 13.3. The van der Waals surface area contributed by atoms with E-state index < -0.39 is 45.8 Å². The third kappa shape index (κ3) is 10.8. The summed E-state index contributed by atoms with van der Waals surface area (Å²) in [6.07, 6.45) is -3.34. The van der Waals surface area contributed by atoms with Crippen molar-refractivity contribution in [2.24, 2.45) is 5.92 Å². The van der Waals surface area contributed by atoms with Gasteiger partial charge in [0.15, 0.2) is 0 Å². The van der Waals surface area contributed by atoms with Gasteiger partial charge in [-0.05, 0) is 94.6 Å². The number of nitrogens with one attached hydrogen (secondary N) is 2. The Morgan fingerprint density at radius 3 is 2.33 bits per heavy atom. The zero-order valence-corrected chi connectivity index (χ0v) is 30.8. The molecule has 0 saturated heterocycles. The molecule has 284 valence electrons. The Morgan fingerprint density at radius 2 is 1.69 bits per heavy atom. The topological polar surface area (TPSA) is 138 Å². The van der Waals surface area contributed by atoms with Gasteiger partial charge in [0.05, 0.1) is 40.9 Å². The molecule has 0 bridgehead atoms. The number of rotatable bonds is 8. The van der Waals surface area contributed by atoms with Crippen LogP contribution in [0.2, 0.25) is 0 Å². The van der Waals surface area contributed by atoms with E-state index in [9.17, 15) is 36.3 Å². The summed E-state index contributed by atoms with van der Waals surface area (Å²) in [5.41, 5.74) is 0.506. The molecule has 0 unspecified atom stereocenters. The molecule has 1 aliphatic rings. The van der Waals surface area contributed by atoms with E-state index in [1.165, 1.54) is 53.2 Å². The maximum Gasteiger partial charge on any atom is 0.416 e. The Kier molecular flexibility index (Phi) is 13.6. The third-order valence-corrected chi connectivity index (χ3v) is 10.3. The first kappa shape index (κ1) is 40.4. The number of aliphatic hydroxyl groups is 1. The van der Waals surface area contributed by atoms with Crippen LogP contribution in [0.1, 0.15) is 61.5 Å². The second-order valence-corrected chi connectivity index (χ2v) is 15.0. The standard InChI is InChI=1S/C37H47F3N4O7S/c1-24-9-16-31(17-10-24)52(48,49)42-30-15-18-33-32(20-30)35(46)44(26(3)23-45)21-25(2)34(50-19-7-6-8-27(4)51-33)22-43(5)36(47)41-29-13-11-28(12-14-29)37(38,39)40/h9-18,20,25-27,34,42,45H,6-8,19,21-23H2,1-5H3,(H,41,47)/t25-,26+,27-,34-/m1/s1. The average Bonchev–Trinajstić information content (AvgIpc) is 3.09. The van der Waals surface area contributed by atoms with E-state index in [-0.39, 0.29) is 59.3 Å². The largest absolute Gasteiger partial charge is 0.490 e. The number of aliphatic hydroxyl groups excluding tert-OH is 1. The predicted molar refractivity (Wildman–Crippen MR) is 192 cm³/mol.